The first-order chi connectivity index (χ1) is 8.28. The number of aliphatic hydroxyl groups is 1. The Morgan fingerprint density at radius 1 is 1.35 bits per heavy atom. The summed E-state index contributed by atoms with van der Waals surface area (Å²) >= 11 is 0. The molecule has 2 unspecified atom stereocenters. The number of anilines is 2. The molecule has 2 N–H and O–H groups in total. The van der Waals surface area contributed by atoms with E-state index in [-0.39, 0.29) is 6.10 Å². The third kappa shape index (κ3) is 1.84. The van der Waals surface area contributed by atoms with E-state index in [0.717, 1.165) is 18.7 Å². The minimum Gasteiger partial charge on any atom is -0.393 e. The highest BCUT2D eigenvalue weighted by Gasteiger charge is 2.40. The second kappa shape index (κ2) is 4.14. The predicted molar refractivity (Wildman–Crippen MR) is 66.1 cm³/mol. The average molecular weight is 234 g/mol. The van der Waals surface area contributed by atoms with E-state index in [1.54, 1.807) is 6.20 Å². The summed E-state index contributed by atoms with van der Waals surface area (Å²) in [5, 5.41) is 12.8. The van der Waals surface area contributed by atoms with Gasteiger partial charge >= 0.3 is 0 Å². The van der Waals surface area contributed by atoms with E-state index in [9.17, 15) is 5.11 Å². The van der Waals surface area contributed by atoms with Crippen molar-refractivity contribution >= 4 is 11.8 Å². The molecule has 0 spiro atoms. The lowest BCUT2D eigenvalue weighted by Gasteiger charge is -2.38. The van der Waals surface area contributed by atoms with Gasteiger partial charge in [-0.2, -0.15) is 4.98 Å². The molecule has 0 radical (unpaired) electrons. The maximum absolute atomic E-state index is 9.78. The molecule has 2 bridgehead atoms. The fourth-order valence-corrected chi connectivity index (χ4v) is 3.14. The van der Waals surface area contributed by atoms with E-state index in [2.05, 4.69) is 20.2 Å². The monoisotopic (exact) mass is 234 g/mol. The summed E-state index contributed by atoms with van der Waals surface area (Å²) in [4.78, 5) is 11.0. The van der Waals surface area contributed by atoms with E-state index >= 15 is 0 Å². The molecule has 0 saturated carbocycles. The van der Waals surface area contributed by atoms with E-state index in [1.807, 2.05) is 13.1 Å². The summed E-state index contributed by atoms with van der Waals surface area (Å²) in [6, 6.07) is 2.86. The molecule has 2 aliphatic rings. The molecule has 0 aromatic carbocycles. The largest absolute Gasteiger partial charge is 0.393 e. The predicted octanol–water partition coefficient (Wildman–Crippen LogP) is 1.01. The van der Waals surface area contributed by atoms with Crippen LogP contribution in [0.4, 0.5) is 11.8 Å². The summed E-state index contributed by atoms with van der Waals surface area (Å²) in [5.74, 6) is 1.65. The summed E-state index contributed by atoms with van der Waals surface area (Å²) in [6.45, 7) is 0. The van der Waals surface area contributed by atoms with Crippen molar-refractivity contribution in [2.45, 2.75) is 43.9 Å². The number of fused-ring (bicyclic) bond motifs is 2. The minimum absolute atomic E-state index is 0.130. The van der Waals surface area contributed by atoms with Crippen LogP contribution < -0.4 is 10.2 Å². The third-order valence-corrected chi connectivity index (χ3v) is 3.84. The van der Waals surface area contributed by atoms with Gasteiger partial charge in [-0.25, -0.2) is 4.98 Å². The molecule has 2 atom stereocenters. The van der Waals surface area contributed by atoms with Gasteiger partial charge in [0.25, 0.3) is 0 Å². The fourth-order valence-electron chi connectivity index (χ4n) is 3.14. The lowest BCUT2D eigenvalue weighted by Crippen LogP contribution is -2.45. The number of aromatic nitrogens is 2. The number of nitrogens with zero attached hydrogens (tertiary/aromatic N) is 3. The molecular formula is C12H18N4O. The zero-order valence-corrected chi connectivity index (χ0v) is 10.0. The lowest BCUT2D eigenvalue weighted by molar-refractivity contribution is 0.126. The van der Waals surface area contributed by atoms with Crippen LogP contribution in [-0.2, 0) is 0 Å². The zero-order chi connectivity index (χ0) is 11.8. The van der Waals surface area contributed by atoms with Crippen molar-refractivity contribution in [1.29, 1.82) is 0 Å². The number of rotatable bonds is 2. The van der Waals surface area contributed by atoms with Crippen LogP contribution in [0, 0.1) is 0 Å². The average Bonchev–Trinajstić information content (AvgIpc) is 2.62. The fraction of sp³-hybridized carbons (Fsp3) is 0.667. The second-order valence-corrected chi connectivity index (χ2v) is 4.91. The first kappa shape index (κ1) is 10.8. The Morgan fingerprint density at radius 3 is 2.71 bits per heavy atom. The topological polar surface area (TPSA) is 61.3 Å². The molecular weight excluding hydrogens is 216 g/mol. The van der Waals surface area contributed by atoms with Crippen molar-refractivity contribution in [3.05, 3.63) is 12.3 Å². The summed E-state index contributed by atoms with van der Waals surface area (Å²) in [7, 11) is 1.83. The summed E-state index contributed by atoms with van der Waals surface area (Å²) in [5.41, 5.74) is 0. The van der Waals surface area contributed by atoms with Gasteiger partial charge in [0.15, 0.2) is 0 Å². The molecule has 2 aliphatic heterocycles. The molecule has 1 aromatic rings. The Balaban J connectivity index is 1.89. The Hall–Kier alpha value is -1.36. The van der Waals surface area contributed by atoms with E-state index in [1.165, 1.54) is 12.8 Å². The number of aliphatic hydroxyl groups excluding tert-OH is 1. The number of hydrogen-bond acceptors (Lipinski definition) is 5. The van der Waals surface area contributed by atoms with Crippen LogP contribution in [0.2, 0.25) is 0 Å². The van der Waals surface area contributed by atoms with Crippen molar-refractivity contribution in [3.63, 3.8) is 0 Å². The Kier molecular flexibility index (Phi) is 2.63. The van der Waals surface area contributed by atoms with Gasteiger partial charge < -0.3 is 15.3 Å². The minimum atomic E-state index is -0.130. The van der Waals surface area contributed by atoms with Crippen molar-refractivity contribution in [3.8, 4) is 0 Å². The van der Waals surface area contributed by atoms with Crippen molar-refractivity contribution in [2.75, 3.05) is 17.3 Å². The molecule has 5 nitrogen and oxygen atoms in total. The van der Waals surface area contributed by atoms with Crippen LogP contribution in [0.5, 0.6) is 0 Å². The van der Waals surface area contributed by atoms with Crippen LogP contribution in [0.1, 0.15) is 25.7 Å². The Morgan fingerprint density at radius 2 is 2.06 bits per heavy atom. The Labute approximate surface area is 101 Å². The molecule has 3 rings (SSSR count). The van der Waals surface area contributed by atoms with Gasteiger partial charge in [0, 0.05) is 25.3 Å². The molecule has 0 amide bonds. The number of piperidine rings is 1. The van der Waals surface area contributed by atoms with Crippen LogP contribution in [-0.4, -0.2) is 40.3 Å². The number of hydrogen-bond donors (Lipinski definition) is 2. The van der Waals surface area contributed by atoms with E-state index < -0.39 is 0 Å². The van der Waals surface area contributed by atoms with E-state index in [0.29, 0.717) is 18.0 Å². The maximum Gasteiger partial charge on any atom is 0.224 e. The summed E-state index contributed by atoms with van der Waals surface area (Å²) in [6.07, 6.45) is 5.74. The van der Waals surface area contributed by atoms with Gasteiger partial charge in [-0.1, -0.05) is 0 Å². The van der Waals surface area contributed by atoms with Crippen molar-refractivity contribution < 1.29 is 5.11 Å². The number of nitrogens with one attached hydrogen (secondary N) is 1. The van der Waals surface area contributed by atoms with Gasteiger partial charge in [0.2, 0.25) is 5.95 Å². The quantitative estimate of drug-likeness (QED) is 0.799. The molecule has 2 fully saturated rings. The third-order valence-electron chi connectivity index (χ3n) is 3.84. The molecule has 92 valence electrons. The van der Waals surface area contributed by atoms with Gasteiger partial charge in [0.05, 0.1) is 6.10 Å². The highest BCUT2D eigenvalue weighted by Crippen LogP contribution is 2.38. The van der Waals surface area contributed by atoms with Gasteiger partial charge in [-0.15, -0.1) is 0 Å². The van der Waals surface area contributed by atoms with Crippen LogP contribution >= 0.6 is 0 Å². The van der Waals surface area contributed by atoms with Gasteiger partial charge in [-0.05, 0) is 31.7 Å². The van der Waals surface area contributed by atoms with E-state index in [4.69, 9.17) is 0 Å². The molecule has 5 heteroatoms. The van der Waals surface area contributed by atoms with Crippen LogP contribution in [0.25, 0.3) is 0 Å². The first-order valence-electron chi connectivity index (χ1n) is 6.25. The molecule has 0 aliphatic carbocycles. The molecule has 2 saturated heterocycles. The second-order valence-electron chi connectivity index (χ2n) is 4.91. The standard InChI is InChI=1S/C12H18N4O/c1-13-12-14-5-4-11(15-12)16-8-2-3-9(16)7-10(17)6-8/h4-5,8-10,17H,2-3,6-7H2,1H3,(H,13,14,15). The summed E-state index contributed by atoms with van der Waals surface area (Å²) < 4.78 is 0. The first-order valence-corrected chi connectivity index (χ1v) is 6.25. The van der Waals surface area contributed by atoms with Crippen LogP contribution in [0.3, 0.4) is 0 Å². The van der Waals surface area contributed by atoms with Crippen molar-refractivity contribution in [1.82, 2.24) is 9.97 Å². The van der Waals surface area contributed by atoms with Crippen molar-refractivity contribution in [2.24, 2.45) is 0 Å². The maximum atomic E-state index is 9.78. The van der Waals surface area contributed by atoms with Crippen LogP contribution in [0.15, 0.2) is 12.3 Å². The van der Waals surface area contributed by atoms with Gasteiger partial charge in [-0.3, -0.25) is 0 Å². The van der Waals surface area contributed by atoms with Gasteiger partial charge in [0.1, 0.15) is 5.82 Å². The SMILES string of the molecule is CNc1nccc(N2C3CCC2CC(O)C3)n1. The lowest BCUT2D eigenvalue weighted by atomic mass is 10.00. The normalized spacial score (nSPS) is 31.6. The smallest absolute Gasteiger partial charge is 0.224 e. The molecule has 1 aromatic heterocycles. The molecule has 17 heavy (non-hydrogen) atoms. The molecule has 3 heterocycles. The highest BCUT2D eigenvalue weighted by molar-refractivity contribution is 5.46. The zero-order valence-electron chi connectivity index (χ0n) is 10.0. The highest BCUT2D eigenvalue weighted by atomic mass is 16.3. The Bertz CT molecular complexity index is 397.